The molecule has 1 N–H and O–H groups in total. The molecule has 0 bridgehead atoms. The van der Waals surface area contributed by atoms with E-state index in [0.717, 1.165) is 16.6 Å². The number of nitrogens with one attached hydrogen (secondary N) is 1. The Bertz CT molecular complexity index is 848. The van der Waals surface area contributed by atoms with Gasteiger partial charge in [-0.2, -0.15) is 0 Å². The van der Waals surface area contributed by atoms with Gasteiger partial charge in [-0.15, -0.1) is 10.2 Å². The lowest BCUT2D eigenvalue weighted by Gasteiger charge is -2.08. The molecule has 0 unspecified atom stereocenters. The number of hydrogen-bond acceptors (Lipinski definition) is 5. The van der Waals surface area contributed by atoms with Crippen LogP contribution in [0.15, 0.2) is 33.5 Å². The number of aryl methyl sites for hydroxylation is 2. The maximum atomic E-state index is 12.4. The maximum absolute atomic E-state index is 12.4. The summed E-state index contributed by atoms with van der Waals surface area (Å²) in [4.78, 5) is 12.4. The van der Waals surface area contributed by atoms with E-state index >= 15 is 0 Å². The van der Waals surface area contributed by atoms with Crippen LogP contribution in [0.5, 0.6) is 0 Å². The quantitative estimate of drug-likeness (QED) is 0.770. The number of aromatic nitrogens is 3. The molecule has 0 atom stereocenters. The molecular formula is C14H14N4O2. The highest BCUT2D eigenvalue weighted by molar-refractivity contribution is 5.85. The monoisotopic (exact) mass is 270 g/mol. The van der Waals surface area contributed by atoms with Crippen LogP contribution in [0, 0.1) is 6.92 Å². The van der Waals surface area contributed by atoms with Gasteiger partial charge in [0.1, 0.15) is 5.56 Å². The maximum Gasteiger partial charge on any atom is 0.263 e. The highest BCUT2D eigenvalue weighted by Crippen LogP contribution is 2.22. The fraction of sp³-hybridized carbons (Fsp3) is 0.214. The van der Waals surface area contributed by atoms with Crippen molar-refractivity contribution in [3.8, 4) is 11.5 Å². The number of fused-ring (bicyclic) bond motifs is 1. The smallest absolute Gasteiger partial charge is 0.263 e. The van der Waals surface area contributed by atoms with E-state index < -0.39 is 0 Å². The molecule has 3 aromatic rings. The van der Waals surface area contributed by atoms with Crippen molar-refractivity contribution >= 4 is 16.6 Å². The van der Waals surface area contributed by atoms with Crippen LogP contribution in [0.4, 0.5) is 5.69 Å². The summed E-state index contributed by atoms with van der Waals surface area (Å²) >= 11 is 0. The molecule has 0 aliphatic heterocycles. The predicted molar refractivity (Wildman–Crippen MR) is 76.8 cm³/mol. The SMILES string of the molecule is CNc1ccc2c(c1)cc(-c1nnc(C)o1)c(=O)n2C. The summed E-state index contributed by atoms with van der Waals surface area (Å²) in [5.74, 6) is 0.686. The van der Waals surface area contributed by atoms with E-state index in [1.165, 1.54) is 0 Å². The molecule has 0 aliphatic rings. The van der Waals surface area contributed by atoms with Crippen molar-refractivity contribution in [3.63, 3.8) is 0 Å². The van der Waals surface area contributed by atoms with Crippen molar-refractivity contribution in [1.82, 2.24) is 14.8 Å². The second-order valence-electron chi connectivity index (χ2n) is 4.57. The van der Waals surface area contributed by atoms with Crippen LogP contribution in [0.1, 0.15) is 5.89 Å². The lowest BCUT2D eigenvalue weighted by molar-refractivity contribution is 0.531. The zero-order valence-corrected chi connectivity index (χ0v) is 11.5. The second-order valence-corrected chi connectivity index (χ2v) is 4.57. The fourth-order valence-electron chi connectivity index (χ4n) is 2.20. The molecule has 0 saturated carbocycles. The van der Waals surface area contributed by atoms with Gasteiger partial charge < -0.3 is 14.3 Å². The van der Waals surface area contributed by atoms with Crippen LogP contribution in [0.3, 0.4) is 0 Å². The number of hydrogen-bond donors (Lipinski definition) is 1. The van der Waals surface area contributed by atoms with Crippen LogP contribution in [0.2, 0.25) is 0 Å². The summed E-state index contributed by atoms with van der Waals surface area (Å²) in [6.45, 7) is 1.70. The van der Waals surface area contributed by atoms with Crippen molar-refractivity contribution in [2.24, 2.45) is 7.05 Å². The van der Waals surface area contributed by atoms with Crippen LogP contribution in [0.25, 0.3) is 22.4 Å². The summed E-state index contributed by atoms with van der Waals surface area (Å²) in [7, 11) is 3.59. The molecule has 1 aromatic carbocycles. The number of pyridine rings is 1. The molecule has 6 heteroatoms. The van der Waals surface area contributed by atoms with Crippen molar-refractivity contribution in [2.45, 2.75) is 6.92 Å². The molecule has 6 nitrogen and oxygen atoms in total. The van der Waals surface area contributed by atoms with Crippen LogP contribution < -0.4 is 10.9 Å². The largest absolute Gasteiger partial charge is 0.421 e. The van der Waals surface area contributed by atoms with E-state index in [2.05, 4.69) is 15.5 Å². The van der Waals surface area contributed by atoms with Crippen molar-refractivity contribution in [3.05, 3.63) is 40.5 Å². The zero-order chi connectivity index (χ0) is 14.3. The third-order valence-corrected chi connectivity index (χ3v) is 3.27. The van der Waals surface area contributed by atoms with Gasteiger partial charge in [-0.1, -0.05) is 0 Å². The van der Waals surface area contributed by atoms with E-state index in [-0.39, 0.29) is 11.4 Å². The van der Waals surface area contributed by atoms with Crippen molar-refractivity contribution < 1.29 is 4.42 Å². The van der Waals surface area contributed by atoms with E-state index in [1.807, 2.05) is 25.2 Å². The first-order chi connectivity index (χ1) is 9.60. The van der Waals surface area contributed by atoms with Crippen LogP contribution >= 0.6 is 0 Å². The molecule has 3 rings (SSSR count). The van der Waals surface area contributed by atoms with Gasteiger partial charge in [0.05, 0.1) is 5.52 Å². The van der Waals surface area contributed by atoms with Gasteiger partial charge in [-0.05, 0) is 24.3 Å². The number of benzene rings is 1. The van der Waals surface area contributed by atoms with Gasteiger partial charge in [0.2, 0.25) is 5.89 Å². The zero-order valence-electron chi connectivity index (χ0n) is 11.5. The Hall–Kier alpha value is -2.63. The summed E-state index contributed by atoms with van der Waals surface area (Å²) in [6.07, 6.45) is 0. The standard InChI is InChI=1S/C14H14N4O2/c1-8-16-17-13(20-8)11-7-9-6-10(15-2)4-5-12(9)18(3)14(11)19/h4-7,15H,1-3H3. The van der Waals surface area contributed by atoms with Gasteiger partial charge in [-0.3, -0.25) is 4.79 Å². The van der Waals surface area contributed by atoms with E-state index in [9.17, 15) is 4.79 Å². The Kier molecular flexibility index (Phi) is 2.78. The van der Waals surface area contributed by atoms with Crippen molar-refractivity contribution in [1.29, 1.82) is 0 Å². The third kappa shape index (κ3) is 1.85. The lowest BCUT2D eigenvalue weighted by Crippen LogP contribution is -2.19. The normalized spacial score (nSPS) is 10.9. The van der Waals surface area contributed by atoms with Gasteiger partial charge in [0.25, 0.3) is 11.4 Å². The minimum absolute atomic E-state index is 0.154. The first-order valence-corrected chi connectivity index (χ1v) is 6.22. The minimum Gasteiger partial charge on any atom is -0.421 e. The Morgan fingerprint density at radius 1 is 1.25 bits per heavy atom. The number of nitrogens with zero attached hydrogens (tertiary/aromatic N) is 3. The molecule has 20 heavy (non-hydrogen) atoms. The molecule has 0 radical (unpaired) electrons. The number of rotatable bonds is 2. The first kappa shape index (κ1) is 12.4. The average Bonchev–Trinajstić information content (AvgIpc) is 2.88. The highest BCUT2D eigenvalue weighted by atomic mass is 16.4. The first-order valence-electron chi connectivity index (χ1n) is 6.22. The topological polar surface area (TPSA) is 73.0 Å². The molecule has 102 valence electrons. The molecular weight excluding hydrogens is 256 g/mol. The Balaban J connectivity index is 2.33. The van der Waals surface area contributed by atoms with Crippen LogP contribution in [-0.2, 0) is 7.05 Å². The summed E-state index contributed by atoms with van der Waals surface area (Å²) < 4.78 is 6.95. The summed E-state index contributed by atoms with van der Waals surface area (Å²) in [6, 6.07) is 7.59. The van der Waals surface area contributed by atoms with Crippen molar-refractivity contribution in [2.75, 3.05) is 12.4 Å². The summed E-state index contributed by atoms with van der Waals surface area (Å²) in [5, 5.41) is 11.7. The molecule has 0 amide bonds. The van der Waals surface area contributed by atoms with Gasteiger partial charge in [0.15, 0.2) is 0 Å². The molecule has 0 saturated heterocycles. The summed E-state index contributed by atoms with van der Waals surface area (Å²) in [5.41, 5.74) is 2.09. The second kappa shape index (κ2) is 4.48. The van der Waals surface area contributed by atoms with Gasteiger partial charge in [-0.25, -0.2) is 0 Å². The van der Waals surface area contributed by atoms with Crippen LogP contribution in [-0.4, -0.2) is 21.8 Å². The molecule has 0 fully saturated rings. The third-order valence-electron chi connectivity index (χ3n) is 3.27. The molecule has 0 spiro atoms. The molecule has 2 heterocycles. The Morgan fingerprint density at radius 3 is 2.70 bits per heavy atom. The Labute approximate surface area is 115 Å². The number of anilines is 1. The minimum atomic E-state index is -0.154. The highest BCUT2D eigenvalue weighted by Gasteiger charge is 2.14. The Morgan fingerprint density at radius 2 is 2.05 bits per heavy atom. The van der Waals surface area contributed by atoms with E-state index in [4.69, 9.17) is 4.42 Å². The predicted octanol–water partition coefficient (Wildman–Crippen LogP) is 1.94. The van der Waals surface area contributed by atoms with E-state index in [0.29, 0.717) is 11.5 Å². The lowest BCUT2D eigenvalue weighted by atomic mass is 10.1. The average molecular weight is 270 g/mol. The van der Waals surface area contributed by atoms with E-state index in [1.54, 1.807) is 24.6 Å². The fourth-order valence-corrected chi connectivity index (χ4v) is 2.20. The molecule has 2 aromatic heterocycles. The van der Waals surface area contributed by atoms with Gasteiger partial charge >= 0.3 is 0 Å². The molecule has 0 aliphatic carbocycles. The van der Waals surface area contributed by atoms with Gasteiger partial charge in [0, 0.05) is 32.1 Å².